The van der Waals surface area contributed by atoms with Gasteiger partial charge in [0, 0.05) is 20.2 Å². The van der Waals surface area contributed by atoms with E-state index in [1.807, 2.05) is 39.0 Å². The van der Waals surface area contributed by atoms with Gasteiger partial charge in [0.2, 0.25) is 0 Å². The van der Waals surface area contributed by atoms with Gasteiger partial charge in [-0.1, -0.05) is 18.2 Å². The Morgan fingerprint density at radius 3 is 2.41 bits per heavy atom. The molecule has 154 valence electrons. The summed E-state index contributed by atoms with van der Waals surface area (Å²) in [5.74, 6) is -1.25. The van der Waals surface area contributed by atoms with Gasteiger partial charge in [-0.25, -0.2) is 4.79 Å². The number of carbonyl (C=O) groups is 2. The zero-order valence-corrected chi connectivity index (χ0v) is 17.2. The van der Waals surface area contributed by atoms with Gasteiger partial charge in [-0.3, -0.25) is 14.9 Å². The predicted molar refractivity (Wildman–Crippen MR) is 110 cm³/mol. The molecule has 0 unspecified atom stereocenters. The first-order valence-corrected chi connectivity index (χ1v) is 9.09. The number of esters is 1. The van der Waals surface area contributed by atoms with Crippen LogP contribution in [0.25, 0.3) is 0 Å². The highest BCUT2D eigenvalue weighted by molar-refractivity contribution is 5.93. The Labute approximate surface area is 169 Å². The van der Waals surface area contributed by atoms with Crippen molar-refractivity contribution in [1.29, 1.82) is 0 Å². The quantitative estimate of drug-likeness (QED) is 0.435. The number of hydrogen-bond acceptors (Lipinski definition) is 6. The van der Waals surface area contributed by atoms with Crippen molar-refractivity contribution < 1.29 is 19.2 Å². The van der Waals surface area contributed by atoms with Crippen LogP contribution in [0.5, 0.6) is 0 Å². The molecule has 2 rings (SSSR count). The lowest BCUT2D eigenvalue weighted by Crippen LogP contribution is -2.31. The van der Waals surface area contributed by atoms with E-state index in [0.717, 1.165) is 22.8 Å². The fraction of sp³-hybridized carbons (Fsp3) is 0.333. The third-order valence-corrected chi connectivity index (χ3v) is 4.63. The molecule has 0 heterocycles. The Kier molecular flexibility index (Phi) is 6.93. The zero-order chi connectivity index (χ0) is 21.7. The van der Waals surface area contributed by atoms with Gasteiger partial charge in [0.05, 0.1) is 16.5 Å². The van der Waals surface area contributed by atoms with Crippen LogP contribution < -0.4 is 10.2 Å². The molecule has 8 heteroatoms. The normalized spacial score (nSPS) is 11.5. The van der Waals surface area contributed by atoms with Crippen molar-refractivity contribution in [2.75, 3.05) is 25.6 Å². The maximum atomic E-state index is 12.2. The molecule has 0 fully saturated rings. The van der Waals surface area contributed by atoms with Crippen LogP contribution in [0, 0.1) is 24.0 Å². The molecule has 1 N–H and O–H groups in total. The highest BCUT2D eigenvalue weighted by atomic mass is 16.6. The molecular weight excluding hydrogens is 374 g/mol. The van der Waals surface area contributed by atoms with Crippen molar-refractivity contribution >= 4 is 23.3 Å². The van der Waals surface area contributed by atoms with Crippen LogP contribution in [-0.4, -0.2) is 37.5 Å². The van der Waals surface area contributed by atoms with E-state index in [1.54, 1.807) is 19.0 Å². The van der Waals surface area contributed by atoms with Crippen molar-refractivity contribution in [3.05, 3.63) is 68.8 Å². The summed E-state index contributed by atoms with van der Waals surface area (Å²) in [5.41, 5.74) is 3.40. The summed E-state index contributed by atoms with van der Waals surface area (Å²) in [6.45, 7) is 5.37. The van der Waals surface area contributed by atoms with Gasteiger partial charge in [-0.15, -0.1) is 0 Å². The van der Waals surface area contributed by atoms with Gasteiger partial charge >= 0.3 is 5.97 Å². The van der Waals surface area contributed by atoms with Gasteiger partial charge in [0.25, 0.3) is 11.6 Å². The number of nitrogens with one attached hydrogen (secondary N) is 1. The van der Waals surface area contributed by atoms with Crippen LogP contribution >= 0.6 is 0 Å². The summed E-state index contributed by atoms with van der Waals surface area (Å²) in [6.07, 6.45) is 0. The molecule has 0 aliphatic carbocycles. The number of nitro groups is 1. The lowest BCUT2D eigenvalue weighted by molar-refractivity contribution is -0.384. The van der Waals surface area contributed by atoms with Crippen molar-refractivity contribution in [3.8, 4) is 0 Å². The van der Waals surface area contributed by atoms with Crippen LogP contribution in [0.4, 0.5) is 11.4 Å². The summed E-state index contributed by atoms with van der Waals surface area (Å²) in [6, 6.07) is 9.71. The molecule has 0 bridgehead atoms. The maximum absolute atomic E-state index is 12.2. The number of amides is 1. The molecule has 0 aliphatic heterocycles. The number of nitrogens with zero attached hydrogens (tertiary/aromatic N) is 2. The van der Waals surface area contributed by atoms with E-state index < -0.39 is 23.4 Å². The van der Waals surface area contributed by atoms with E-state index in [1.165, 1.54) is 12.1 Å². The van der Waals surface area contributed by atoms with E-state index in [0.29, 0.717) is 5.69 Å². The number of nitro benzene ring substituents is 1. The van der Waals surface area contributed by atoms with Gasteiger partial charge < -0.3 is 15.0 Å². The Hall–Kier alpha value is -3.42. The molecule has 1 atom stereocenters. The number of benzene rings is 2. The van der Waals surface area contributed by atoms with Crippen LogP contribution in [0.3, 0.4) is 0 Å². The molecular formula is C21H25N3O5. The lowest BCUT2D eigenvalue weighted by atomic mass is 10.0. The predicted octanol–water partition coefficient (Wildman–Crippen LogP) is 3.31. The molecule has 0 spiro atoms. The first-order valence-electron chi connectivity index (χ1n) is 9.09. The number of carbonyl (C=O) groups excluding carboxylic acids is 2. The highest BCUT2D eigenvalue weighted by Crippen LogP contribution is 2.28. The van der Waals surface area contributed by atoms with E-state index in [-0.39, 0.29) is 17.3 Å². The average Bonchev–Trinajstić information content (AvgIpc) is 2.67. The van der Waals surface area contributed by atoms with Gasteiger partial charge in [-0.05, 0) is 49.6 Å². The lowest BCUT2D eigenvalue weighted by Gasteiger charge is -2.16. The molecule has 2 aromatic rings. The molecule has 0 saturated heterocycles. The van der Waals surface area contributed by atoms with E-state index in [9.17, 15) is 19.7 Å². The minimum absolute atomic E-state index is 0.0114. The monoisotopic (exact) mass is 399 g/mol. The topological polar surface area (TPSA) is 102 Å². The summed E-state index contributed by atoms with van der Waals surface area (Å²) < 4.78 is 5.02. The van der Waals surface area contributed by atoms with Crippen LogP contribution in [0.15, 0.2) is 36.4 Å². The third-order valence-electron chi connectivity index (χ3n) is 4.63. The number of aryl methyl sites for hydroxylation is 2. The molecule has 29 heavy (non-hydrogen) atoms. The number of rotatable bonds is 7. The minimum atomic E-state index is -0.799. The molecule has 0 saturated carbocycles. The Morgan fingerprint density at radius 2 is 1.83 bits per heavy atom. The Morgan fingerprint density at radius 1 is 1.14 bits per heavy atom. The van der Waals surface area contributed by atoms with E-state index in [2.05, 4.69) is 5.32 Å². The average molecular weight is 399 g/mol. The molecule has 1 amide bonds. The van der Waals surface area contributed by atoms with Crippen molar-refractivity contribution in [2.24, 2.45) is 0 Å². The molecule has 0 radical (unpaired) electrons. The van der Waals surface area contributed by atoms with Crippen molar-refractivity contribution in [3.63, 3.8) is 0 Å². The van der Waals surface area contributed by atoms with Crippen LogP contribution in [0.2, 0.25) is 0 Å². The molecule has 0 aliphatic rings. The summed E-state index contributed by atoms with van der Waals surface area (Å²) in [5, 5.41) is 14.0. The first kappa shape index (κ1) is 21.9. The van der Waals surface area contributed by atoms with Gasteiger partial charge in [0.15, 0.2) is 6.61 Å². The number of ether oxygens (including phenoxy) is 1. The summed E-state index contributed by atoms with van der Waals surface area (Å²) >= 11 is 0. The summed E-state index contributed by atoms with van der Waals surface area (Å²) in [7, 11) is 3.34. The molecule has 2 aromatic carbocycles. The second-order valence-electron chi connectivity index (χ2n) is 7.06. The van der Waals surface area contributed by atoms with Gasteiger partial charge in [-0.2, -0.15) is 0 Å². The van der Waals surface area contributed by atoms with Crippen LogP contribution in [-0.2, 0) is 9.53 Å². The molecule has 8 nitrogen and oxygen atoms in total. The fourth-order valence-electron chi connectivity index (χ4n) is 2.79. The fourth-order valence-corrected chi connectivity index (χ4v) is 2.79. The third kappa shape index (κ3) is 5.54. The maximum Gasteiger partial charge on any atom is 0.338 e. The minimum Gasteiger partial charge on any atom is -0.452 e. The van der Waals surface area contributed by atoms with E-state index in [4.69, 9.17) is 4.74 Å². The van der Waals surface area contributed by atoms with Crippen molar-refractivity contribution in [2.45, 2.75) is 26.8 Å². The first-order chi connectivity index (χ1) is 13.6. The van der Waals surface area contributed by atoms with E-state index >= 15 is 0 Å². The SMILES string of the molecule is Cc1ccc([C@@H](C)NC(=O)COC(=O)c2ccc(N(C)C)c([N+](=O)[O-])c2)cc1C. The number of hydrogen-bond donors (Lipinski definition) is 1. The Bertz CT molecular complexity index is 940. The van der Waals surface area contributed by atoms with Crippen LogP contribution in [0.1, 0.15) is 40.0 Å². The summed E-state index contributed by atoms with van der Waals surface area (Å²) in [4.78, 5) is 36.6. The highest BCUT2D eigenvalue weighted by Gasteiger charge is 2.20. The Balaban J connectivity index is 1.99. The standard InChI is InChI=1S/C21H25N3O5/c1-13-6-7-16(10-14(13)2)15(3)22-20(25)12-29-21(26)17-8-9-18(23(4)5)19(11-17)24(27)28/h6-11,15H,12H2,1-5H3,(H,22,25)/t15-/m1/s1. The number of anilines is 1. The second-order valence-corrected chi connectivity index (χ2v) is 7.06. The van der Waals surface area contributed by atoms with Gasteiger partial charge in [0.1, 0.15) is 5.69 Å². The molecule has 0 aromatic heterocycles. The largest absolute Gasteiger partial charge is 0.452 e. The van der Waals surface area contributed by atoms with Crippen molar-refractivity contribution in [1.82, 2.24) is 5.32 Å². The second kappa shape index (κ2) is 9.18. The smallest absolute Gasteiger partial charge is 0.338 e. The zero-order valence-electron chi connectivity index (χ0n) is 17.2.